The van der Waals surface area contributed by atoms with E-state index in [0.717, 1.165) is 0 Å². The summed E-state index contributed by atoms with van der Waals surface area (Å²) in [5, 5.41) is 39.8. The van der Waals surface area contributed by atoms with Crippen molar-refractivity contribution in [2.45, 2.75) is 57.0 Å². The number of carbonyl (C=O) groups is 3. The highest BCUT2D eigenvalue weighted by Crippen LogP contribution is 2.20. The molecule has 152 valence electrons. The second-order valence-corrected chi connectivity index (χ2v) is 5.98. The van der Waals surface area contributed by atoms with Crippen LogP contribution >= 0.6 is 0 Å². The third kappa shape index (κ3) is 6.80. The average Bonchev–Trinajstić information content (AvgIpc) is 3.04. The number of aliphatic hydroxyl groups excluding tert-OH is 2. The molecule has 27 heavy (non-hydrogen) atoms. The molecule has 13 heteroatoms. The first-order chi connectivity index (χ1) is 12.5. The van der Waals surface area contributed by atoms with Gasteiger partial charge >= 0.3 is 12.0 Å². The van der Waals surface area contributed by atoms with Crippen LogP contribution in [0.4, 0.5) is 4.79 Å². The van der Waals surface area contributed by atoms with Crippen molar-refractivity contribution in [1.82, 2.24) is 20.8 Å². The monoisotopic (exact) mass is 388 g/mol. The van der Waals surface area contributed by atoms with Crippen LogP contribution in [-0.2, 0) is 9.59 Å². The van der Waals surface area contributed by atoms with Crippen molar-refractivity contribution in [3.63, 3.8) is 0 Å². The van der Waals surface area contributed by atoms with E-state index in [9.17, 15) is 24.6 Å². The Kier molecular flexibility index (Phi) is 8.08. The summed E-state index contributed by atoms with van der Waals surface area (Å²) in [6.07, 6.45) is -2.47. The van der Waals surface area contributed by atoms with Crippen LogP contribution in [0.15, 0.2) is 4.42 Å². The fourth-order valence-corrected chi connectivity index (χ4v) is 2.00. The van der Waals surface area contributed by atoms with Crippen molar-refractivity contribution in [3.8, 4) is 0 Å². The number of nitrogens with two attached hydrogens (primary N) is 2. The summed E-state index contributed by atoms with van der Waals surface area (Å²) < 4.78 is 5.33. The van der Waals surface area contributed by atoms with Crippen molar-refractivity contribution >= 4 is 17.9 Å². The lowest BCUT2D eigenvalue weighted by Gasteiger charge is -2.20. The molecule has 3 unspecified atom stereocenters. The van der Waals surface area contributed by atoms with Gasteiger partial charge in [-0.2, -0.15) is 0 Å². The number of amides is 3. The molecule has 5 atom stereocenters. The minimum absolute atomic E-state index is 0.0132. The van der Waals surface area contributed by atoms with Crippen LogP contribution in [0, 0.1) is 0 Å². The minimum Gasteiger partial charge on any atom is -0.480 e. The van der Waals surface area contributed by atoms with Gasteiger partial charge in [0.05, 0.1) is 12.2 Å². The zero-order valence-electron chi connectivity index (χ0n) is 14.8. The van der Waals surface area contributed by atoms with E-state index in [1.165, 1.54) is 13.8 Å². The maximum absolute atomic E-state index is 12.1. The lowest BCUT2D eigenvalue weighted by Crippen LogP contribution is -2.51. The number of nitrogens with zero attached hydrogens (tertiary/aromatic N) is 2. The molecule has 0 bridgehead atoms. The Balaban J connectivity index is 2.93. The molecule has 9 N–H and O–H groups in total. The molecule has 0 fully saturated rings. The van der Waals surface area contributed by atoms with Gasteiger partial charge in [0.1, 0.15) is 12.1 Å². The van der Waals surface area contributed by atoms with Crippen LogP contribution < -0.4 is 22.1 Å². The summed E-state index contributed by atoms with van der Waals surface area (Å²) in [4.78, 5) is 34.2. The van der Waals surface area contributed by atoms with Crippen LogP contribution in [0.25, 0.3) is 0 Å². The van der Waals surface area contributed by atoms with E-state index in [1.807, 2.05) is 0 Å². The average molecular weight is 388 g/mol. The number of carboxylic acid groups (broad SMARTS) is 1. The molecule has 0 spiro atoms. The number of urea groups is 1. The molecule has 1 heterocycles. The number of aliphatic hydroxyl groups is 2. The lowest BCUT2D eigenvalue weighted by molar-refractivity contribution is -0.141. The van der Waals surface area contributed by atoms with Gasteiger partial charge in [-0.3, -0.25) is 4.79 Å². The molecule has 0 saturated heterocycles. The Bertz CT molecular complexity index is 662. The second-order valence-electron chi connectivity index (χ2n) is 5.98. The number of carbonyl (C=O) groups excluding carboxylic acids is 2. The fourth-order valence-electron chi connectivity index (χ4n) is 2.00. The molecule has 0 aliphatic rings. The standard InChI is InChI=1S/C14H24N6O7/c1-5(21)9(16)12-20-19-11(27-12)7(3-4-8(15)23)17-14(26)18-10(6(2)22)13(24)25/h5-7,9-10,21-22H,3-4,16H2,1-2H3,(H2,15,23)(H,24,25)(H2,17,18,26)/t5?,6?,7?,9-,10-/m0/s1. The summed E-state index contributed by atoms with van der Waals surface area (Å²) in [5.41, 5.74) is 10.8. The van der Waals surface area contributed by atoms with E-state index >= 15 is 0 Å². The van der Waals surface area contributed by atoms with Crippen molar-refractivity contribution in [1.29, 1.82) is 0 Å². The topological polar surface area (TPSA) is 227 Å². The van der Waals surface area contributed by atoms with Crippen LogP contribution in [0.1, 0.15) is 50.6 Å². The number of aromatic nitrogens is 2. The molecule has 1 rings (SSSR count). The van der Waals surface area contributed by atoms with Crippen LogP contribution in [0.5, 0.6) is 0 Å². The van der Waals surface area contributed by atoms with Gasteiger partial charge in [-0.15, -0.1) is 10.2 Å². The number of hydrogen-bond donors (Lipinski definition) is 7. The number of aliphatic carboxylic acids is 1. The largest absolute Gasteiger partial charge is 0.480 e. The summed E-state index contributed by atoms with van der Waals surface area (Å²) in [6, 6.07) is -4.44. The molecule has 0 aliphatic carbocycles. The Morgan fingerprint density at radius 2 is 1.70 bits per heavy atom. The number of primary amides is 1. The van der Waals surface area contributed by atoms with Crippen molar-refractivity contribution in [2.24, 2.45) is 11.5 Å². The highest BCUT2D eigenvalue weighted by atomic mass is 16.4. The molecular formula is C14H24N6O7. The zero-order chi connectivity index (χ0) is 20.7. The summed E-state index contributed by atoms with van der Waals surface area (Å²) >= 11 is 0. The number of rotatable bonds is 10. The molecule has 0 aromatic carbocycles. The molecular weight excluding hydrogens is 364 g/mol. The van der Waals surface area contributed by atoms with Crippen molar-refractivity contribution in [2.75, 3.05) is 0 Å². The Labute approximate surface area is 154 Å². The molecule has 0 saturated carbocycles. The Morgan fingerprint density at radius 1 is 1.11 bits per heavy atom. The van der Waals surface area contributed by atoms with E-state index in [0.29, 0.717) is 0 Å². The fraction of sp³-hybridized carbons (Fsp3) is 0.643. The van der Waals surface area contributed by atoms with E-state index in [2.05, 4.69) is 20.8 Å². The van der Waals surface area contributed by atoms with E-state index in [4.69, 9.17) is 21.0 Å². The minimum atomic E-state index is -1.55. The first kappa shape index (κ1) is 22.3. The summed E-state index contributed by atoms with van der Waals surface area (Å²) in [7, 11) is 0. The van der Waals surface area contributed by atoms with Gasteiger partial charge in [0, 0.05) is 6.42 Å². The van der Waals surface area contributed by atoms with Crippen molar-refractivity contribution in [3.05, 3.63) is 11.8 Å². The first-order valence-electron chi connectivity index (χ1n) is 8.06. The Morgan fingerprint density at radius 3 is 2.19 bits per heavy atom. The summed E-state index contributed by atoms with van der Waals surface area (Å²) in [6.45, 7) is 2.62. The maximum Gasteiger partial charge on any atom is 0.328 e. The van der Waals surface area contributed by atoms with E-state index in [-0.39, 0.29) is 24.6 Å². The maximum atomic E-state index is 12.1. The van der Waals surface area contributed by atoms with Crippen LogP contribution in [0.2, 0.25) is 0 Å². The molecule has 1 aromatic heterocycles. The normalized spacial score (nSPS) is 16.6. The number of hydrogen-bond acceptors (Lipinski definition) is 9. The molecule has 13 nitrogen and oxygen atoms in total. The predicted molar refractivity (Wildman–Crippen MR) is 88.8 cm³/mol. The SMILES string of the molecule is CC(O)[C@H](NC(=O)NC(CCC(N)=O)c1nnc([C@@H](N)C(C)O)o1)C(=O)O. The summed E-state index contributed by atoms with van der Waals surface area (Å²) in [5.74, 6) is -2.27. The lowest BCUT2D eigenvalue weighted by atomic mass is 10.1. The molecule has 0 aliphatic heterocycles. The van der Waals surface area contributed by atoms with Crippen LogP contribution in [0.3, 0.4) is 0 Å². The number of nitrogens with one attached hydrogen (secondary N) is 2. The van der Waals surface area contributed by atoms with Gasteiger partial charge in [0.25, 0.3) is 0 Å². The second kappa shape index (κ2) is 9.80. The van der Waals surface area contributed by atoms with Crippen molar-refractivity contribution < 1.29 is 34.1 Å². The molecule has 1 aromatic rings. The van der Waals surface area contributed by atoms with E-state index in [1.54, 1.807) is 0 Å². The molecule has 3 amide bonds. The first-order valence-corrected chi connectivity index (χ1v) is 8.06. The van der Waals surface area contributed by atoms with Gasteiger partial charge in [-0.1, -0.05) is 0 Å². The number of carboxylic acids is 1. The quantitative estimate of drug-likeness (QED) is 0.231. The van der Waals surface area contributed by atoms with E-state index < -0.39 is 48.2 Å². The third-order valence-corrected chi connectivity index (χ3v) is 3.58. The van der Waals surface area contributed by atoms with Gasteiger partial charge in [0.15, 0.2) is 6.04 Å². The Hall–Kier alpha value is -2.77. The van der Waals surface area contributed by atoms with Crippen LogP contribution in [-0.4, -0.2) is 61.7 Å². The third-order valence-electron chi connectivity index (χ3n) is 3.58. The zero-order valence-corrected chi connectivity index (χ0v) is 14.8. The smallest absolute Gasteiger partial charge is 0.328 e. The molecule has 0 radical (unpaired) electrons. The predicted octanol–water partition coefficient (Wildman–Crippen LogP) is -2.11. The van der Waals surface area contributed by atoms with Gasteiger partial charge in [-0.25, -0.2) is 9.59 Å². The van der Waals surface area contributed by atoms with Gasteiger partial charge in [-0.05, 0) is 20.3 Å². The highest BCUT2D eigenvalue weighted by Gasteiger charge is 2.28. The van der Waals surface area contributed by atoms with Gasteiger partial charge < -0.3 is 41.8 Å². The highest BCUT2D eigenvalue weighted by molar-refractivity contribution is 5.83. The van der Waals surface area contributed by atoms with Gasteiger partial charge in [0.2, 0.25) is 17.7 Å².